The highest BCUT2D eigenvalue weighted by atomic mass is 16.5. The fourth-order valence-corrected chi connectivity index (χ4v) is 0.877. The molecule has 0 aliphatic heterocycles. The van der Waals surface area contributed by atoms with E-state index in [9.17, 15) is 4.79 Å². The van der Waals surface area contributed by atoms with Crippen LogP contribution < -0.4 is 0 Å². The summed E-state index contributed by atoms with van der Waals surface area (Å²) in [6.07, 6.45) is 5.32. The van der Waals surface area contributed by atoms with Gasteiger partial charge in [-0.05, 0) is 12.8 Å². The van der Waals surface area contributed by atoms with Crippen LogP contribution in [0.15, 0.2) is 24.8 Å². The fraction of sp³-hybridized carbons (Fsp3) is 0.545. The minimum absolute atomic E-state index is 0.295. The smallest absolute Gasteiger partial charge is 0.333 e. The van der Waals surface area contributed by atoms with Crippen LogP contribution in [0.4, 0.5) is 0 Å². The SMILES string of the molecule is C=CCC(=C)C(=O)OCCCCC. The summed E-state index contributed by atoms with van der Waals surface area (Å²) in [6, 6.07) is 0. The average molecular weight is 182 g/mol. The van der Waals surface area contributed by atoms with E-state index in [-0.39, 0.29) is 5.97 Å². The molecule has 0 aromatic rings. The van der Waals surface area contributed by atoms with E-state index in [2.05, 4.69) is 20.1 Å². The van der Waals surface area contributed by atoms with E-state index < -0.39 is 0 Å². The molecule has 0 atom stereocenters. The van der Waals surface area contributed by atoms with Gasteiger partial charge in [0, 0.05) is 5.57 Å². The first-order valence-corrected chi connectivity index (χ1v) is 4.68. The predicted molar refractivity (Wildman–Crippen MR) is 54.4 cm³/mol. The van der Waals surface area contributed by atoms with Crippen molar-refractivity contribution in [3.8, 4) is 0 Å². The first-order valence-electron chi connectivity index (χ1n) is 4.68. The first-order chi connectivity index (χ1) is 6.22. The number of carbonyl (C=O) groups excluding carboxylic acids is 1. The lowest BCUT2D eigenvalue weighted by atomic mass is 10.2. The molecule has 0 heterocycles. The largest absolute Gasteiger partial charge is 0.462 e. The van der Waals surface area contributed by atoms with Crippen molar-refractivity contribution in [2.45, 2.75) is 32.6 Å². The molecule has 0 aliphatic rings. The summed E-state index contributed by atoms with van der Waals surface area (Å²) in [6.45, 7) is 9.73. The Labute approximate surface area is 80.3 Å². The van der Waals surface area contributed by atoms with Crippen LogP contribution in [-0.4, -0.2) is 12.6 Å². The van der Waals surface area contributed by atoms with E-state index in [0.29, 0.717) is 18.6 Å². The standard InChI is InChI=1S/C11H18O2/c1-4-6-7-9-13-11(12)10(3)8-5-2/h5H,2-4,6-9H2,1H3. The molecule has 0 bridgehead atoms. The van der Waals surface area contributed by atoms with Gasteiger partial charge in [-0.15, -0.1) is 6.58 Å². The second kappa shape index (κ2) is 7.59. The fourth-order valence-electron chi connectivity index (χ4n) is 0.877. The molecule has 2 nitrogen and oxygen atoms in total. The topological polar surface area (TPSA) is 26.3 Å². The van der Waals surface area contributed by atoms with Crippen LogP contribution in [-0.2, 0) is 9.53 Å². The second-order valence-corrected chi connectivity index (χ2v) is 2.94. The molecule has 0 fully saturated rings. The zero-order valence-electron chi connectivity index (χ0n) is 8.34. The third-order valence-electron chi connectivity index (χ3n) is 1.66. The Balaban J connectivity index is 3.50. The maximum Gasteiger partial charge on any atom is 0.333 e. The van der Waals surface area contributed by atoms with Gasteiger partial charge in [0.1, 0.15) is 0 Å². The number of carbonyl (C=O) groups is 1. The van der Waals surface area contributed by atoms with Crippen LogP contribution in [0.3, 0.4) is 0 Å². The molecule has 0 rings (SSSR count). The normalized spacial score (nSPS) is 9.31. The molecule has 0 aromatic heterocycles. The minimum Gasteiger partial charge on any atom is -0.462 e. The van der Waals surface area contributed by atoms with Crippen LogP contribution in [0.5, 0.6) is 0 Å². The lowest BCUT2D eigenvalue weighted by Crippen LogP contribution is -2.07. The van der Waals surface area contributed by atoms with Crippen molar-refractivity contribution in [3.63, 3.8) is 0 Å². The molecule has 13 heavy (non-hydrogen) atoms. The Morgan fingerprint density at radius 1 is 1.46 bits per heavy atom. The summed E-state index contributed by atoms with van der Waals surface area (Å²) < 4.78 is 4.97. The summed E-state index contributed by atoms with van der Waals surface area (Å²) in [5.74, 6) is -0.295. The van der Waals surface area contributed by atoms with Gasteiger partial charge in [0.25, 0.3) is 0 Å². The van der Waals surface area contributed by atoms with Gasteiger partial charge in [-0.1, -0.05) is 32.4 Å². The summed E-state index contributed by atoms with van der Waals surface area (Å²) in [4.78, 5) is 11.1. The van der Waals surface area contributed by atoms with Gasteiger partial charge in [0.05, 0.1) is 6.61 Å². The molecule has 0 aliphatic carbocycles. The van der Waals surface area contributed by atoms with Gasteiger partial charge in [-0.3, -0.25) is 0 Å². The molecule has 0 radical (unpaired) electrons. The summed E-state index contributed by atoms with van der Waals surface area (Å²) >= 11 is 0. The lowest BCUT2D eigenvalue weighted by molar-refractivity contribution is -0.139. The van der Waals surface area contributed by atoms with Gasteiger partial charge in [0.15, 0.2) is 0 Å². The van der Waals surface area contributed by atoms with Gasteiger partial charge >= 0.3 is 5.97 Å². The highest BCUT2D eigenvalue weighted by Gasteiger charge is 2.05. The summed E-state index contributed by atoms with van der Waals surface area (Å²) in [5.41, 5.74) is 0.478. The molecular formula is C11H18O2. The van der Waals surface area contributed by atoms with Crippen molar-refractivity contribution < 1.29 is 9.53 Å². The van der Waals surface area contributed by atoms with Crippen molar-refractivity contribution in [1.29, 1.82) is 0 Å². The lowest BCUT2D eigenvalue weighted by Gasteiger charge is -2.04. The molecule has 74 valence electrons. The van der Waals surface area contributed by atoms with Crippen molar-refractivity contribution >= 4 is 5.97 Å². The predicted octanol–water partition coefficient (Wildman–Crippen LogP) is 2.85. The van der Waals surface area contributed by atoms with Crippen LogP contribution >= 0.6 is 0 Å². The van der Waals surface area contributed by atoms with Gasteiger partial charge in [-0.2, -0.15) is 0 Å². The average Bonchev–Trinajstić information content (AvgIpc) is 2.12. The monoisotopic (exact) mass is 182 g/mol. The Hall–Kier alpha value is -1.05. The highest BCUT2D eigenvalue weighted by molar-refractivity contribution is 5.87. The van der Waals surface area contributed by atoms with Gasteiger partial charge in [0.2, 0.25) is 0 Å². The Morgan fingerprint density at radius 3 is 2.69 bits per heavy atom. The zero-order valence-corrected chi connectivity index (χ0v) is 8.34. The van der Waals surface area contributed by atoms with Crippen molar-refractivity contribution in [1.82, 2.24) is 0 Å². The quantitative estimate of drug-likeness (QED) is 0.262. The maximum absolute atomic E-state index is 11.1. The molecule has 2 heteroatoms. The van der Waals surface area contributed by atoms with Crippen LogP contribution in [0.25, 0.3) is 0 Å². The Morgan fingerprint density at radius 2 is 2.15 bits per heavy atom. The molecule has 0 N–H and O–H groups in total. The number of esters is 1. The number of rotatable bonds is 7. The number of unbranched alkanes of at least 4 members (excludes halogenated alkanes) is 2. The highest BCUT2D eigenvalue weighted by Crippen LogP contribution is 2.02. The molecule has 0 saturated heterocycles. The molecular weight excluding hydrogens is 164 g/mol. The van der Waals surface area contributed by atoms with Gasteiger partial charge < -0.3 is 4.74 Å². The molecule has 0 aromatic carbocycles. The van der Waals surface area contributed by atoms with Crippen molar-refractivity contribution in [3.05, 3.63) is 24.8 Å². The maximum atomic E-state index is 11.1. The Bertz CT molecular complexity index is 183. The zero-order chi connectivity index (χ0) is 10.1. The van der Waals surface area contributed by atoms with E-state index >= 15 is 0 Å². The molecule has 0 spiro atoms. The van der Waals surface area contributed by atoms with E-state index in [1.165, 1.54) is 0 Å². The van der Waals surface area contributed by atoms with Gasteiger partial charge in [-0.25, -0.2) is 4.79 Å². The third kappa shape index (κ3) is 6.14. The molecule has 0 amide bonds. The van der Waals surface area contributed by atoms with Crippen LogP contribution in [0.2, 0.25) is 0 Å². The second-order valence-electron chi connectivity index (χ2n) is 2.94. The van der Waals surface area contributed by atoms with E-state index in [1.807, 2.05) is 0 Å². The third-order valence-corrected chi connectivity index (χ3v) is 1.66. The van der Waals surface area contributed by atoms with E-state index in [1.54, 1.807) is 6.08 Å². The summed E-state index contributed by atoms with van der Waals surface area (Å²) in [7, 11) is 0. The Kier molecular flexibility index (Phi) is 6.98. The number of hydrogen-bond donors (Lipinski definition) is 0. The van der Waals surface area contributed by atoms with Crippen LogP contribution in [0.1, 0.15) is 32.6 Å². The summed E-state index contributed by atoms with van der Waals surface area (Å²) in [5, 5.41) is 0. The molecule has 0 saturated carbocycles. The number of ether oxygens (including phenoxy) is 1. The molecule has 0 unspecified atom stereocenters. The van der Waals surface area contributed by atoms with Crippen molar-refractivity contribution in [2.75, 3.05) is 6.61 Å². The van der Waals surface area contributed by atoms with E-state index in [4.69, 9.17) is 4.74 Å². The number of hydrogen-bond acceptors (Lipinski definition) is 2. The number of allylic oxidation sites excluding steroid dienone is 1. The van der Waals surface area contributed by atoms with Crippen molar-refractivity contribution in [2.24, 2.45) is 0 Å². The van der Waals surface area contributed by atoms with Crippen LogP contribution in [0, 0.1) is 0 Å². The van der Waals surface area contributed by atoms with E-state index in [0.717, 1.165) is 19.3 Å². The minimum atomic E-state index is -0.295. The first kappa shape index (κ1) is 11.9.